The second-order valence-corrected chi connectivity index (χ2v) is 7.59. The number of methoxy groups -OCH3 is 1. The molecule has 0 N–H and O–H groups in total. The van der Waals surface area contributed by atoms with Gasteiger partial charge in [0.1, 0.15) is 17.3 Å². The van der Waals surface area contributed by atoms with Gasteiger partial charge in [-0.1, -0.05) is 12.1 Å². The molecular weight excluding hydrogens is 350 g/mol. The van der Waals surface area contributed by atoms with E-state index in [9.17, 15) is 9.59 Å². The SMILES string of the molecule is COc1c(C)c2ccc(C3CN(C(=O)OC(C)(C)C)CCO3)cc2oc1=O. The van der Waals surface area contributed by atoms with Gasteiger partial charge in [0, 0.05) is 17.5 Å². The predicted molar refractivity (Wildman–Crippen MR) is 100 cm³/mol. The Labute approximate surface area is 157 Å². The van der Waals surface area contributed by atoms with Crippen LogP contribution < -0.4 is 10.4 Å². The van der Waals surface area contributed by atoms with Gasteiger partial charge >= 0.3 is 11.7 Å². The van der Waals surface area contributed by atoms with Crippen molar-refractivity contribution in [1.29, 1.82) is 0 Å². The zero-order valence-corrected chi connectivity index (χ0v) is 16.3. The topological polar surface area (TPSA) is 78.2 Å². The molecule has 1 saturated heterocycles. The maximum Gasteiger partial charge on any atom is 0.410 e. The number of benzene rings is 1. The molecule has 0 aliphatic carbocycles. The highest BCUT2D eigenvalue weighted by atomic mass is 16.6. The zero-order valence-electron chi connectivity index (χ0n) is 16.3. The van der Waals surface area contributed by atoms with E-state index in [1.54, 1.807) is 11.0 Å². The average Bonchev–Trinajstić information content (AvgIpc) is 2.60. The quantitative estimate of drug-likeness (QED) is 0.749. The number of hydrogen-bond donors (Lipinski definition) is 0. The normalized spacial score (nSPS) is 17.8. The Hall–Kier alpha value is -2.54. The van der Waals surface area contributed by atoms with Gasteiger partial charge < -0.3 is 23.5 Å². The molecule has 1 atom stereocenters. The van der Waals surface area contributed by atoms with E-state index in [2.05, 4.69) is 0 Å². The largest absolute Gasteiger partial charge is 0.490 e. The summed E-state index contributed by atoms with van der Waals surface area (Å²) < 4.78 is 21.8. The van der Waals surface area contributed by atoms with Crippen LogP contribution in [-0.4, -0.2) is 43.4 Å². The Bertz CT molecular complexity index is 911. The Morgan fingerprint density at radius 1 is 1.30 bits per heavy atom. The highest BCUT2D eigenvalue weighted by molar-refractivity contribution is 5.82. The van der Waals surface area contributed by atoms with Crippen molar-refractivity contribution < 1.29 is 23.4 Å². The van der Waals surface area contributed by atoms with Crippen LogP contribution in [0.1, 0.15) is 38.0 Å². The third-order valence-corrected chi connectivity index (χ3v) is 4.43. The number of fused-ring (bicyclic) bond motifs is 1. The van der Waals surface area contributed by atoms with Crippen LogP contribution in [0.15, 0.2) is 27.4 Å². The highest BCUT2D eigenvalue weighted by Gasteiger charge is 2.29. The monoisotopic (exact) mass is 375 g/mol. The fourth-order valence-corrected chi connectivity index (χ4v) is 3.13. The van der Waals surface area contributed by atoms with Gasteiger partial charge in [-0.3, -0.25) is 0 Å². The molecule has 7 nitrogen and oxygen atoms in total. The second kappa shape index (κ2) is 7.23. The minimum Gasteiger partial charge on any atom is -0.490 e. The van der Waals surface area contributed by atoms with Crippen molar-refractivity contribution in [2.75, 3.05) is 26.8 Å². The molecule has 1 amide bonds. The van der Waals surface area contributed by atoms with E-state index in [0.717, 1.165) is 16.5 Å². The van der Waals surface area contributed by atoms with E-state index in [4.69, 9.17) is 18.6 Å². The van der Waals surface area contributed by atoms with Crippen LogP contribution >= 0.6 is 0 Å². The van der Waals surface area contributed by atoms with E-state index in [1.807, 2.05) is 39.8 Å². The first-order valence-electron chi connectivity index (χ1n) is 8.90. The van der Waals surface area contributed by atoms with Crippen LogP contribution in [0.2, 0.25) is 0 Å². The van der Waals surface area contributed by atoms with Crippen LogP contribution in [0.3, 0.4) is 0 Å². The summed E-state index contributed by atoms with van der Waals surface area (Å²) in [6.45, 7) is 8.59. The number of rotatable bonds is 2. The summed E-state index contributed by atoms with van der Waals surface area (Å²) in [5.74, 6) is 0.209. The van der Waals surface area contributed by atoms with Crippen molar-refractivity contribution in [1.82, 2.24) is 4.90 Å². The molecule has 1 fully saturated rings. The molecule has 3 rings (SSSR count). The summed E-state index contributed by atoms with van der Waals surface area (Å²) in [4.78, 5) is 26.0. The zero-order chi connectivity index (χ0) is 19.8. The van der Waals surface area contributed by atoms with Gasteiger partial charge in [0.05, 0.1) is 20.3 Å². The molecule has 27 heavy (non-hydrogen) atoms. The lowest BCUT2D eigenvalue weighted by molar-refractivity contribution is -0.0432. The molecule has 1 aliphatic heterocycles. The lowest BCUT2D eigenvalue weighted by Gasteiger charge is -2.34. The number of nitrogens with zero attached hydrogens (tertiary/aromatic N) is 1. The van der Waals surface area contributed by atoms with Gasteiger partial charge in [-0.25, -0.2) is 9.59 Å². The Morgan fingerprint density at radius 2 is 2.04 bits per heavy atom. The summed E-state index contributed by atoms with van der Waals surface area (Å²) in [6, 6.07) is 5.58. The smallest absolute Gasteiger partial charge is 0.410 e. The van der Waals surface area contributed by atoms with E-state index in [1.165, 1.54) is 7.11 Å². The van der Waals surface area contributed by atoms with Gasteiger partial charge in [-0.15, -0.1) is 0 Å². The Kier molecular flexibility index (Phi) is 5.15. The first-order chi connectivity index (χ1) is 12.7. The van der Waals surface area contributed by atoms with Crippen molar-refractivity contribution >= 4 is 17.1 Å². The Morgan fingerprint density at radius 3 is 2.70 bits per heavy atom. The Balaban J connectivity index is 1.86. The lowest BCUT2D eigenvalue weighted by Crippen LogP contribution is -2.44. The molecule has 1 aromatic carbocycles. The number of carbonyl (C=O) groups excluding carboxylic acids is 1. The second-order valence-electron chi connectivity index (χ2n) is 7.59. The van der Waals surface area contributed by atoms with Gasteiger partial charge in [0.15, 0.2) is 0 Å². The minimum atomic E-state index is -0.548. The average molecular weight is 375 g/mol. The third-order valence-electron chi connectivity index (χ3n) is 4.43. The molecule has 0 bridgehead atoms. The molecule has 0 radical (unpaired) electrons. The van der Waals surface area contributed by atoms with E-state index < -0.39 is 11.2 Å². The maximum atomic E-state index is 12.3. The van der Waals surface area contributed by atoms with Crippen molar-refractivity contribution in [3.63, 3.8) is 0 Å². The molecule has 2 heterocycles. The van der Waals surface area contributed by atoms with Crippen molar-refractivity contribution in [2.45, 2.75) is 39.4 Å². The molecule has 1 aromatic heterocycles. The minimum absolute atomic E-state index is 0.209. The number of aryl methyl sites for hydroxylation is 1. The van der Waals surface area contributed by atoms with Gasteiger partial charge in [0.25, 0.3) is 0 Å². The summed E-state index contributed by atoms with van der Waals surface area (Å²) >= 11 is 0. The van der Waals surface area contributed by atoms with Crippen LogP contribution in [0.4, 0.5) is 4.79 Å². The number of carbonyl (C=O) groups is 1. The van der Waals surface area contributed by atoms with Gasteiger partial charge in [-0.05, 0) is 39.3 Å². The molecule has 1 aliphatic rings. The molecule has 146 valence electrons. The van der Waals surface area contributed by atoms with Crippen molar-refractivity contribution in [3.8, 4) is 5.75 Å². The summed E-state index contributed by atoms with van der Waals surface area (Å²) in [5, 5.41) is 0.801. The number of ether oxygens (including phenoxy) is 3. The molecule has 0 spiro atoms. The summed E-state index contributed by atoms with van der Waals surface area (Å²) in [5.41, 5.74) is 0.973. The summed E-state index contributed by atoms with van der Waals surface area (Å²) in [7, 11) is 1.45. The number of morpholine rings is 1. The lowest BCUT2D eigenvalue weighted by atomic mass is 10.0. The molecule has 2 aromatic rings. The van der Waals surface area contributed by atoms with Crippen LogP contribution in [-0.2, 0) is 9.47 Å². The molecular formula is C20H25NO6. The van der Waals surface area contributed by atoms with Crippen LogP contribution in [0, 0.1) is 6.92 Å². The number of amides is 1. The predicted octanol–water partition coefficient (Wildman–Crippen LogP) is 3.42. The summed E-state index contributed by atoms with van der Waals surface area (Å²) in [6.07, 6.45) is -0.674. The van der Waals surface area contributed by atoms with Crippen LogP contribution in [0.5, 0.6) is 5.75 Å². The third kappa shape index (κ3) is 4.08. The van der Waals surface area contributed by atoms with Crippen molar-refractivity contribution in [2.24, 2.45) is 0 Å². The van der Waals surface area contributed by atoms with Gasteiger partial charge in [0.2, 0.25) is 5.75 Å². The van der Waals surface area contributed by atoms with E-state index in [-0.39, 0.29) is 17.9 Å². The maximum absolute atomic E-state index is 12.3. The van der Waals surface area contributed by atoms with E-state index in [0.29, 0.717) is 25.3 Å². The number of hydrogen-bond acceptors (Lipinski definition) is 6. The van der Waals surface area contributed by atoms with Gasteiger partial charge in [-0.2, -0.15) is 0 Å². The fourth-order valence-electron chi connectivity index (χ4n) is 3.13. The fraction of sp³-hybridized carbons (Fsp3) is 0.500. The standard InChI is InChI=1S/C20H25NO6/c1-12-14-7-6-13(10-15(14)26-18(22)17(12)24-5)16-11-21(8-9-25-16)19(23)27-20(2,3)4/h6-7,10,16H,8-9,11H2,1-5H3. The van der Waals surface area contributed by atoms with Crippen LogP contribution in [0.25, 0.3) is 11.0 Å². The van der Waals surface area contributed by atoms with Crippen molar-refractivity contribution in [3.05, 3.63) is 39.7 Å². The van der Waals surface area contributed by atoms with E-state index >= 15 is 0 Å². The molecule has 7 heteroatoms. The first-order valence-corrected chi connectivity index (χ1v) is 8.90. The molecule has 0 saturated carbocycles. The highest BCUT2D eigenvalue weighted by Crippen LogP contribution is 2.29. The molecule has 1 unspecified atom stereocenters. The first kappa shape index (κ1) is 19.2.